The SMILES string of the molecule is CC(C)n1nc(-c2ccc(CC(=O)Cc3cc(C4CCCCC4)no3)c(F)c2)c(C(N)=O)c1N. The molecule has 3 aromatic rings. The zero-order valence-electron chi connectivity index (χ0n) is 19.5. The summed E-state index contributed by atoms with van der Waals surface area (Å²) in [6.07, 6.45) is 5.78. The number of nitrogens with zero attached hydrogens (tertiary/aromatic N) is 3. The molecule has 4 N–H and O–H groups in total. The van der Waals surface area contributed by atoms with Crippen molar-refractivity contribution in [2.75, 3.05) is 5.73 Å². The van der Waals surface area contributed by atoms with E-state index in [4.69, 9.17) is 16.0 Å². The molecule has 0 saturated heterocycles. The zero-order valence-corrected chi connectivity index (χ0v) is 19.5. The largest absolute Gasteiger partial charge is 0.383 e. The van der Waals surface area contributed by atoms with Gasteiger partial charge in [-0.2, -0.15) is 5.10 Å². The average Bonchev–Trinajstić information content (AvgIpc) is 3.40. The Kier molecular flexibility index (Phi) is 6.81. The number of nitrogens with two attached hydrogens (primary N) is 2. The standard InChI is InChI=1S/C25H30FN5O3/c1-14(2)31-24(27)22(25(28)33)23(29-31)17-9-8-16(20(26)11-17)10-18(32)12-19-13-21(30-34-19)15-6-4-3-5-7-15/h8-9,11,13-15H,3-7,10,12,27H2,1-2H3,(H2,28,33). The number of carbonyl (C=O) groups is 2. The normalized spacial score (nSPS) is 14.6. The van der Waals surface area contributed by atoms with Gasteiger partial charge in [-0.25, -0.2) is 9.07 Å². The molecule has 0 atom stereocenters. The number of nitrogen functional groups attached to an aromatic ring is 1. The fraction of sp³-hybridized carbons (Fsp3) is 0.440. The van der Waals surface area contributed by atoms with E-state index in [9.17, 15) is 14.0 Å². The molecule has 1 saturated carbocycles. The molecular weight excluding hydrogens is 437 g/mol. The van der Waals surface area contributed by atoms with Crippen LogP contribution in [0.3, 0.4) is 0 Å². The zero-order chi connectivity index (χ0) is 24.4. The van der Waals surface area contributed by atoms with Crippen LogP contribution in [-0.2, 0) is 17.6 Å². The van der Waals surface area contributed by atoms with E-state index in [0.717, 1.165) is 18.5 Å². The summed E-state index contributed by atoms with van der Waals surface area (Å²) >= 11 is 0. The molecule has 4 rings (SSSR count). The van der Waals surface area contributed by atoms with Crippen molar-refractivity contribution in [3.63, 3.8) is 0 Å². The lowest BCUT2D eigenvalue weighted by molar-refractivity contribution is -0.118. The Morgan fingerprint density at radius 3 is 2.56 bits per heavy atom. The number of anilines is 1. The average molecular weight is 468 g/mol. The number of hydrogen-bond donors (Lipinski definition) is 2. The van der Waals surface area contributed by atoms with Gasteiger partial charge < -0.3 is 16.0 Å². The number of primary amides is 1. The molecular formula is C25H30FN5O3. The lowest BCUT2D eigenvalue weighted by Crippen LogP contribution is -2.15. The van der Waals surface area contributed by atoms with Crippen LogP contribution in [0.15, 0.2) is 28.8 Å². The second kappa shape index (κ2) is 9.79. The van der Waals surface area contributed by atoms with Crippen LogP contribution in [0.25, 0.3) is 11.3 Å². The smallest absolute Gasteiger partial charge is 0.254 e. The third-order valence-electron chi connectivity index (χ3n) is 6.37. The monoisotopic (exact) mass is 467 g/mol. The van der Waals surface area contributed by atoms with Crippen LogP contribution in [0.2, 0.25) is 0 Å². The molecule has 2 aromatic heterocycles. The minimum atomic E-state index is -0.737. The summed E-state index contributed by atoms with van der Waals surface area (Å²) in [6, 6.07) is 6.13. The molecule has 1 aromatic carbocycles. The first-order valence-electron chi connectivity index (χ1n) is 11.7. The number of aromatic nitrogens is 3. The molecule has 1 fully saturated rings. The molecule has 0 aliphatic heterocycles. The van der Waals surface area contributed by atoms with Crippen LogP contribution in [0.1, 0.15) is 85.3 Å². The Hall–Kier alpha value is -3.49. The first-order chi connectivity index (χ1) is 16.2. The van der Waals surface area contributed by atoms with Crippen LogP contribution in [0, 0.1) is 5.82 Å². The number of Topliss-reactive ketones (excluding diaryl/α,β-unsaturated/α-hetero) is 1. The van der Waals surface area contributed by atoms with E-state index in [1.54, 1.807) is 6.07 Å². The van der Waals surface area contributed by atoms with Gasteiger partial charge in [0.1, 0.15) is 34.4 Å². The minimum Gasteiger partial charge on any atom is -0.383 e. The summed E-state index contributed by atoms with van der Waals surface area (Å²) in [4.78, 5) is 24.6. The van der Waals surface area contributed by atoms with Crippen molar-refractivity contribution in [2.45, 2.75) is 70.8 Å². The second-order valence-corrected chi connectivity index (χ2v) is 9.26. The highest BCUT2D eigenvalue weighted by atomic mass is 19.1. The number of hydrogen-bond acceptors (Lipinski definition) is 6. The van der Waals surface area contributed by atoms with Gasteiger partial charge in [-0.3, -0.25) is 9.59 Å². The predicted molar refractivity (Wildman–Crippen MR) is 126 cm³/mol. The quantitative estimate of drug-likeness (QED) is 0.507. The molecule has 34 heavy (non-hydrogen) atoms. The molecule has 8 nitrogen and oxygen atoms in total. The third kappa shape index (κ3) is 4.88. The van der Waals surface area contributed by atoms with E-state index < -0.39 is 11.7 Å². The van der Waals surface area contributed by atoms with Gasteiger partial charge in [0.25, 0.3) is 5.91 Å². The predicted octanol–water partition coefficient (Wildman–Crippen LogP) is 4.34. The number of rotatable bonds is 8. The fourth-order valence-corrected chi connectivity index (χ4v) is 4.60. The van der Waals surface area contributed by atoms with E-state index in [-0.39, 0.29) is 47.3 Å². The maximum atomic E-state index is 14.9. The highest BCUT2D eigenvalue weighted by Crippen LogP contribution is 2.33. The number of ketones is 1. The van der Waals surface area contributed by atoms with Crippen LogP contribution < -0.4 is 11.5 Å². The Bertz CT molecular complexity index is 1210. The molecule has 1 aliphatic rings. The highest BCUT2D eigenvalue weighted by molar-refractivity contribution is 6.03. The van der Waals surface area contributed by atoms with E-state index in [1.165, 1.54) is 36.1 Å². The highest BCUT2D eigenvalue weighted by Gasteiger charge is 2.24. The topological polar surface area (TPSA) is 130 Å². The van der Waals surface area contributed by atoms with Gasteiger partial charge in [0, 0.05) is 30.0 Å². The summed E-state index contributed by atoms with van der Waals surface area (Å²) in [6.45, 7) is 3.72. The van der Waals surface area contributed by atoms with E-state index >= 15 is 0 Å². The summed E-state index contributed by atoms with van der Waals surface area (Å²) in [5, 5.41) is 8.52. The van der Waals surface area contributed by atoms with Crippen LogP contribution in [-0.4, -0.2) is 26.6 Å². The molecule has 1 aliphatic carbocycles. The number of benzene rings is 1. The molecule has 0 bridgehead atoms. The summed E-state index contributed by atoms with van der Waals surface area (Å²) < 4.78 is 21.8. The van der Waals surface area contributed by atoms with Gasteiger partial charge in [-0.1, -0.05) is 36.6 Å². The van der Waals surface area contributed by atoms with Gasteiger partial charge in [0.15, 0.2) is 0 Å². The number of halogens is 1. The number of carbonyl (C=O) groups excluding carboxylic acids is 2. The fourth-order valence-electron chi connectivity index (χ4n) is 4.60. The Labute approximate surface area is 197 Å². The van der Waals surface area contributed by atoms with E-state index in [0.29, 0.717) is 17.2 Å². The van der Waals surface area contributed by atoms with Gasteiger partial charge >= 0.3 is 0 Å². The third-order valence-corrected chi connectivity index (χ3v) is 6.37. The summed E-state index contributed by atoms with van der Waals surface area (Å²) in [7, 11) is 0. The Morgan fingerprint density at radius 2 is 1.91 bits per heavy atom. The van der Waals surface area contributed by atoms with Crippen molar-refractivity contribution < 1.29 is 18.5 Å². The van der Waals surface area contributed by atoms with Crippen LogP contribution in [0.4, 0.5) is 10.2 Å². The van der Waals surface area contributed by atoms with Gasteiger partial charge in [-0.05, 0) is 38.3 Å². The number of amides is 1. The van der Waals surface area contributed by atoms with Crippen molar-refractivity contribution in [2.24, 2.45) is 5.73 Å². The Morgan fingerprint density at radius 1 is 1.18 bits per heavy atom. The van der Waals surface area contributed by atoms with Crippen molar-refractivity contribution in [3.8, 4) is 11.3 Å². The first-order valence-corrected chi connectivity index (χ1v) is 11.7. The molecule has 2 heterocycles. The maximum Gasteiger partial charge on any atom is 0.254 e. The summed E-state index contributed by atoms with van der Waals surface area (Å²) in [5.41, 5.74) is 13.3. The molecule has 9 heteroatoms. The molecule has 1 amide bonds. The summed E-state index contributed by atoms with van der Waals surface area (Å²) in [5.74, 6) is -0.452. The second-order valence-electron chi connectivity index (χ2n) is 9.26. The molecule has 0 spiro atoms. The molecule has 0 radical (unpaired) electrons. The van der Waals surface area contributed by atoms with Gasteiger partial charge in [-0.15, -0.1) is 0 Å². The van der Waals surface area contributed by atoms with Crippen LogP contribution >= 0.6 is 0 Å². The lowest BCUT2D eigenvalue weighted by atomic mass is 9.87. The van der Waals surface area contributed by atoms with Gasteiger partial charge in [0.2, 0.25) is 0 Å². The van der Waals surface area contributed by atoms with E-state index in [1.807, 2.05) is 19.9 Å². The lowest BCUT2D eigenvalue weighted by Gasteiger charge is -2.18. The first kappa shape index (κ1) is 23.7. The molecule has 0 unspecified atom stereocenters. The van der Waals surface area contributed by atoms with Crippen molar-refractivity contribution in [1.82, 2.24) is 14.9 Å². The van der Waals surface area contributed by atoms with Crippen molar-refractivity contribution in [3.05, 3.63) is 52.7 Å². The van der Waals surface area contributed by atoms with Crippen LogP contribution in [0.5, 0.6) is 0 Å². The van der Waals surface area contributed by atoms with Gasteiger partial charge in [0.05, 0.1) is 12.1 Å². The molecule has 180 valence electrons. The van der Waals surface area contributed by atoms with Crippen molar-refractivity contribution >= 4 is 17.5 Å². The van der Waals surface area contributed by atoms with Crippen molar-refractivity contribution in [1.29, 1.82) is 0 Å². The minimum absolute atomic E-state index is 0.0519. The maximum absolute atomic E-state index is 14.9. The Balaban J connectivity index is 1.48. The van der Waals surface area contributed by atoms with E-state index in [2.05, 4.69) is 10.3 Å².